The van der Waals surface area contributed by atoms with Crippen LogP contribution in [0.4, 0.5) is 5.82 Å². The van der Waals surface area contributed by atoms with E-state index in [0.29, 0.717) is 11.7 Å². The third kappa shape index (κ3) is 4.17. The predicted molar refractivity (Wildman–Crippen MR) is 74.2 cm³/mol. The van der Waals surface area contributed by atoms with Crippen LogP contribution in [0.25, 0.3) is 0 Å². The van der Waals surface area contributed by atoms with Crippen molar-refractivity contribution in [3.63, 3.8) is 0 Å². The van der Waals surface area contributed by atoms with Crippen molar-refractivity contribution < 1.29 is 9.90 Å². The number of nitrogens with zero attached hydrogens (tertiary/aromatic N) is 3. The van der Waals surface area contributed by atoms with Gasteiger partial charge in [-0.05, 0) is 24.5 Å². The Morgan fingerprint density at radius 2 is 2.11 bits per heavy atom. The zero-order valence-electron chi connectivity index (χ0n) is 11.9. The molecule has 1 atom stereocenters. The van der Waals surface area contributed by atoms with E-state index in [4.69, 9.17) is 0 Å². The standard InChI is InChI=1S/C13H22N4O2/c1-9(2)7-10(8-18)17(4)12-6-5-11(15-16-12)13(19)14-3/h5-6,9-10,18H,7-8H2,1-4H3,(H,14,19)/t10-/m0/s1. The molecule has 0 radical (unpaired) electrons. The molecule has 6 nitrogen and oxygen atoms in total. The molecule has 19 heavy (non-hydrogen) atoms. The lowest BCUT2D eigenvalue weighted by molar-refractivity contribution is 0.0957. The Morgan fingerprint density at radius 1 is 1.42 bits per heavy atom. The van der Waals surface area contributed by atoms with Gasteiger partial charge in [0.15, 0.2) is 11.5 Å². The van der Waals surface area contributed by atoms with Gasteiger partial charge in [0.25, 0.3) is 5.91 Å². The lowest BCUT2D eigenvalue weighted by Gasteiger charge is -2.28. The van der Waals surface area contributed by atoms with Gasteiger partial charge in [-0.1, -0.05) is 13.8 Å². The van der Waals surface area contributed by atoms with Crippen molar-refractivity contribution in [3.8, 4) is 0 Å². The van der Waals surface area contributed by atoms with Crippen LogP contribution >= 0.6 is 0 Å². The summed E-state index contributed by atoms with van der Waals surface area (Å²) in [5.74, 6) is 0.868. The molecular weight excluding hydrogens is 244 g/mol. The summed E-state index contributed by atoms with van der Waals surface area (Å²) in [7, 11) is 3.42. The molecule has 0 saturated heterocycles. The molecule has 1 heterocycles. The maximum Gasteiger partial charge on any atom is 0.271 e. The molecule has 1 amide bonds. The third-order valence-corrected chi connectivity index (χ3v) is 2.97. The Bertz CT molecular complexity index is 406. The second kappa shape index (κ2) is 7.04. The van der Waals surface area contributed by atoms with Crippen molar-refractivity contribution in [2.24, 2.45) is 5.92 Å². The van der Waals surface area contributed by atoms with Crippen molar-refractivity contribution >= 4 is 11.7 Å². The molecule has 0 aliphatic carbocycles. The molecule has 106 valence electrons. The summed E-state index contributed by atoms with van der Waals surface area (Å²) in [5.41, 5.74) is 0.282. The van der Waals surface area contributed by atoms with Crippen molar-refractivity contribution in [1.29, 1.82) is 0 Å². The van der Waals surface area contributed by atoms with Crippen LogP contribution in [0.1, 0.15) is 30.8 Å². The van der Waals surface area contributed by atoms with E-state index < -0.39 is 0 Å². The predicted octanol–water partition coefficient (Wildman–Crippen LogP) is 0.679. The van der Waals surface area contributed by atoms with Crippen molar-refractivity contribution in [2.45, 2.75) is 26.3 Å². The molecule has 2 N–H and O–H groups in total. The van der Waals surface area contributed by atoms with Crippen molar-refractivity contribution in [3.05, 3.63) is 17.8 Å². The normalized spacial score (nSPS) is 12.3. The molecular formula is C13H22N4O2. The number of anilines is 1. The number of rotatable bonds is 6. The molecule has 0 aliphatic rings. The van der Waals surface area contributed by atoms with Crippen molar-refractivity contribution in [1.82, 2.24) is 15.5 Å². The average molecular weight is 266 g/mol. The van der Waals surface area contributed by atoms with Gasteiger partial charge in [-0.15, -0.1) is 10.2 Å². The first-order valence-electron chi connectivity index (χ1n) is 6.39. The van der Waals surface area contributed by atoms with Crippen LogP contribution in [0.3, 0.4) is 0 Å². The van der Waals surface area contributed by atoms with E-state index in [1.165, 1.54) is 0 Å². The fourth-order valence-corrected chi connectivity index (χ4v) is 1.85. The van der Waals surface area contributed by atoms with E-state index in [2.05, 4.69) is 29.4 Å². The Kier molecular flexibility index (Phi) is 5.69. The minimum absolute atomic E-state index is 0.000140. The van der Waals surface area contributed by atoms with Crippen LogP contribution in [0, 0.1) is 5.92 Å². The lowest BCUT2D eigenvalue weighted by Crippen LogP contribution is -2.36. The Hall–Kier alpha value is -1.69. The molecule has 0 fully saturated rings. The molecule has 1 rings (SSSR count). The molecule has 6 heteroatoms. The number of aliphatic hydroxyl groups is 1. The van der Waals surface area contributed by atoms with E-state index in [0.717, 1.165) is 6.42 Å². The van der Waals surface area contributed by atoms with Crippen LogP contribution < -0.4 is 10.2 Å². The first-order chi connectivity index (χ1) is 8.99. The number of carbonyl (C=O) groups excluding carboxylic acids is 1. The summed E-state index contributed by atoms with van der Waals surface area (Å²) in [6.07, 6.45) is 0.867. The summed E-state index contributed by atoms with van der Waals surface area (Å²) < 4.78 is 0. The smallest absolute Gasteiger partial charge is 0.271 e. The highest BCUT2D eigenvalue weighted by Crippen LogP contribution is 2.16. The van der Waals surface area contributed by atoms with Gasteiger partial charge >= 0.3 is 0 Å². The zero-order valence-corrected chi connectivity index (χ0v) is 11.9. The van der Waals surface area contributed by atoms with E-state index in [9.17, 15) is 9.90 Å². The number of aromatic nitrogens is 2. The van der Waals surface area contributed by atoms with Gasteiger partial charge in [0, 0.05) is 14.1 Å². The van der Waals surface area contributed by atoms with Crippen LogP contribution in [0.15, 0.2) is 12.1 Å². The number of amides is 1. The quantitative estimate of drug-likeness (QED) is 0.791. The van der Waals surface area contributed by atoms with Crippen LogP contribution in [-0.2, 0) is 0 Å². The maximum atomic E-state index is 11.4. The van der Waals surface area contributed by atoms with Crippen molar-refractivity contribution in [2.75, 3.05) is 25.6 Å². The SMILES string of the molecule is CNC(=O)c1ccc(N(C)[C@H](CO)CC(C)C)nn1. The minimum atomic E-state index is -0.261. The van der Waals surface area contributed by atoms with Gasteiger partial charge in [-0.3, -0.25) is 4.79 Å². The molecule has 1 aromatic heterocycles. The summed E-state index contributed by atoms with van der Waals surface area (Å²) in [5, 5.41) is 19.8. The first kappa shape index (κ1) is 15.4. The Balaban J connectivity index is 2.81. The lowest BCUT2D eigenvalue weighted by atomic mass is 10.0. The number of hydrogen-bond acceptors (Lipinski definition) is 5. The highest BCUT2D eigenvalue weighted by Gasteiger charge is 2.17. The summed E-state index contributed by atoms with van der Waals surface area (Å²) in [6.45, 7) is 4.28. The topological polar surface area (TPSA) is 78.4 Å². The van der Waals surface area contributed by atoms with Crippen LogP contribution in [0.5, 0.6) is 0 Å². The molecule has 0 spiro atoms. The summed E-state index contributed by atoms with van der Waals surface area (Å²) in [4.78, 5) is 13.3. The van der Waals surface area contributed by atoms with E-state index >= 15 is 0 Å². The number of aliphatic hydroxyl groups excluding tert-OH is 1. The zero-order chi connectivity index (χ0) is 14.4. The van der Waals surface area contributed by atoms with Gasteiger partial charge < -0.3 is 15.3 Å². The first-order valence-corrected chi connectivity index (χ1v) is 6.39. The number of carbonyl (C=O) groups is 1. The highest BCUT2D eigenvalue weighted by atomic mass is 16.3. The highest BCUT2D eigenvalue weighted by molar-refractivity contribution is 5.91. The van der Waals surface area contributed by atoms with Gasteiger partial charge in [-0.25, -0.2) is 0 Å². The maximum absolute atomic E-state index is 11.4. The molecule has 0 saturated carbocycles. The molecule has 0 bridgehead atoms. The van der Waals surface area contributed by atoms with E-state index in [-0.39, 0.29) is 24.2 Å². The molecule has 0 unspecified atom stereocenters. The number of likely N-dealkylation sites (N-methyl/N-ethyl adjacent to an activating group) is 1. The van der Waals surface area contributed by atoms with Crippen LogP contribution in [0.2, 0.25) is 0 Å². The monoisotopic (exact) mass is 266 g/mol. The summed E-state index contributed by atoms with van der Waals surface area (Å²) in [6, 6.07) is 3.36. The van der Waals surface area contributed by atoms with E-state index in [1.54, 1.807) is 19.2 Å². The second-order valence-electron chi connectivity index (χ2n) is 4.93. The van der Waals surface area contributed by atoms with Gasteiger partial charge in [0.2, 0.25) is 0 Å². The molecule has 1 aromatic rings. The molecule has 0 aromatic carbocycles. The Morgan fingerprint density at radius 3 is 2.53 bits per heavy atom. The van der Waals surface area contributed by atoms with Gasteiger partial charge in [0.05, 0.1) is 12.6 Å². The molecule has 0 aliphatic heterocycles. The van der Waals surface area contributed by atoms with Gasteiger partial charge in [0.1, 0.15) is 0 Å². The number of nitrogens with one attached hydrogen (secondary N) is 1. The summed E-state index contributed by atoms with van der Waals surface area (Å²) >= 11 is 0. The van der Waals surface area contributed by atoms with E-state index in [1.807, 2.05) is 11.9 Å². The fourth-order valence-electron chi connectivity index (χ4n) is 1.85. The fraction of sp³-hybridized carbons (Fsp3) is 0.615. The second-order valence-corrected chi connectivity index (χ2v) is 4.93. The van der Waals surface area contributed by atoms with Crippen LogP contribution in [-0.4, -0.2) is 48.0 Å². The van der Waals surface area contributed by atoms with Gasteiger partial charge in [-0.2, -0.15) is 0 Å². The largest absolute Gasteiger partial charge is 0.394 e. The number of hydrogen-bond donors (Lipinski definition) is 2. The minimum Gasteiger partial charge on any atom is -0.394 e. The average Bonchev–Trinajstić information content (AvgIpc) is 2.43. The Labute approximate surface area is 113 Å². The third-order valence-electron chi connectivity index (χ3n) is 2.97.